The average Bonchev–Trinajstić information content (AvgIpc) is 2.31. The Morgan fingerprint density at radius 2 is 1.53 bits per heavy atom. The molecule has 0 saturated heterocycles. The van der Waals surface area contributed by atoms with E-state index in [1.54, 1.807) is 0 Å². The van der Waals surface area contributed by atoms with Crippen molar-refractivity contribution >= 4 is 0 Å². The molecule has 0 radical (unpaired) electrons. The topological polar surface area (TPSA) is 9.23 Å². The van der Waals surface area contributed by atoms with Crippen molar-refractivity contribution in [3.8, 4) is 0 Å². The van der Waals surface area contributed by atoms with E-state index in [1.165, 1.54) is 38.5 Å². The van der Waals surface area contributed by atoms with Gasteiger partial charge in [0, 0.05) is 13.2 Å². The molecule has 0 bridgehead atoms. The van der Waals surface area contributed by atoms with Gasteiger partial charge in [-0.05, 0) is 19.3 Å². The summed E-state index contributed by atoms with van der Waals surface area (Å²) in [6.07, 6.45) is 15.6. The molecular formula is C15H29LiO. The van der Waals surface area contributed by atoms with Crippen LogP contribution >= 0.6 is 0 Å². The molecule has 96 valence electrons. The Morgan fingerprint density at radius 3 is 2.24 bits per heavy atom. The monoisotopic (exact) mass is 232 g/mol. The number of unbranched alkanes of at least 4 members (excludes halogenated alkanes) is 6. The van der Waals surface area contributed by atoms with Crippen LogP contribution in [0, 0.1) is 6.92 Å². The van der Waals surface area contributed by atoms with Crippen molar-refractivity contribution in [2.24, 2.45) is 0 Å². The molecule has 0 unspecified atom stereocenters. The van der Waals surface area contributed by atoms with E-state index < -0.39 is 0 Å². The fraction of sp³-hybridized carbons (Fsp3) is 0.800. The molecule has 0 aromatic heterocycles. The minimum Gasteiger partial charge on any atom is -0.381 e. The zero-order chi connectivity index (χ0) is 11.9. The molecule has 17 heavy (non-hydrogen) atoms. The van der Waals surface area contributed by atoms with Crippen molar-refractivity contribution in [2.45, 2.75) is 64.7 Å². The number of rotatable bonds is 12. The van der Waals surface area contributed by atoms with Gasteiger partial charge in [-0.2, -0.15) is 6.42 Å². The van der Waals surface area contributed by atoms with Gasteiger partial charge in [0.1, 0.15) is 0 Å². The van der Waals surface area contributed by atoms with E-state index in [4.69, 9.17) is 4.74 Å². The van der Waals surface area contributed by atoms with Crippen LogP contribution in [0.15, 0.2) is 12.2 Å². The van der Waals surface area contributed by atoms with Crippen molar-refractivity contribution in [3.05, 3.63) is 19.1 Å². The van der Waals surface area contributed by atoms with Crippen molar-refractivity contribution in [2.75, 3.05) is 13.2 Å². The normalized spacial score (nSPS) is 10.7. The first-order valence-electron chi connectivity index (χ1n) is 6.93. The van der Waals surface area contributed by atoms with Gasteiger partial charge in [0.2, 0.25) is 0 Å². The molecule has 0 aliphatic heterocycles. The molecule has 2 heteroatoms. The maximum absolute atomic E-state index is 5.57. The summed E-state index contributed by atoms with van der Waals surface area (Å²) in [4.78, 5) is 0. The quantitative estimate of drug-likeness (QED) is 0.216. The van der Waals surface area contributed by atoms with Crippen molar-refractivity contribution < 1.29 is 23.6 Å². The summed E-state index contributed by atoms with van der Waals surface area (Å²) in [5, 5.41) is 0. The number of ether oxygens (including phenoxy) is 1. The Balaban J connectivity index is 0. The first-order chi connectivity index (χ1) is 7.91. The van der Waals surface area contributed by atoms with Gasteiger partial charge in [0.25, 0.3) is 0 Å². The molecule has 0 aliphatic carbocycles. The van der Waals surface area contributed by atoms with Gasteiger partial charge in [0.15, 0.2) is 0 Å². The van der Waals surface area contributed by atoms with Gasteiger partial charge in [-0.1, -0.05) is 45.1 Å². The van der Waals surface area contributed by atoms with E-state index in [-0.39, 0.29) is 18.9 Å². The SMILES string of the molecule is [CH2-]CC=CCCCOCCCCCCCC.[Li+]. The second kappa shape index (κ2) is 18.7. The van der Waals surface area contributed by atoms with Gasteiger partial charge >= 0.3 is 18.9 Å². The summed E-state index contributed by atoms with van der Waals surface area (Å²) < 4.78 is 5.57. The largest absolute Gasteiger partial charge is 1.00 e. The van der Waals surface area contributed by atoms with E-state index in [2.05, 4.69) is 26.0 Å². The van der Waals surface area contributed by atoms with Crippen LogP contribution in [0.3, 0.4) is 0 Å². The fourth-order valence-electron chi connectivity index (χ4n) is 1.63. The zero-order valence-electron chi connectivity index (χ0n) is 12.0. The van der Waals surface area contributed by atoms with Crippen LogP contribution < -0.4 is 18.9 Å². The van der Waals surface area contributed by atoms with Gasteiger partial charge in [-0.3, -0.25) is 0 Å². The van der Waals surface area contributed by atoms with E-state index in [9.17, 15) is 0 Å². The third kappa shape index (κ3) is 18.8. The minimum absolute atomic E-state index is 0. The van der Waals surface area contributed by atoms with Crippen LogP contribution in [0.2, 0.25) is 0 Å². The Morgan fingerprint density at radius 1 is 0.882 bits per heavy atom. The second-order valence-corrected chi connectivity index (χ2v) is 4.28. The maximum atomic E-state index is 5.57. The third-order valence-corrected chi connectivity index (χ3v) is 2.64. The van der Waals surface area contributed by atoms with E-state index in [1.807, 2.05) is 0 Å². The summed E-state index contributed by atoms with van der Waals surface area (Å²) in [5.74, 6) is 0. The van der Waals surface area contributed by atoms with Gasteiger partial charge in [-0.15, -0.1) is 6.08 Å². The van der Waals surface area contributed by atoms with Crippen LogP contribution in [0.1, 0.15) is 64.7 Å². The molecular weight excluding hydrogens is 203 g/mol. The first-order valence-corrected chi connectivity index (χ1v) is 6.93. The van der Waals surface area contributed by atoms with Gasteiger partial charge in [-0.25, -0.2) is 0 Å². The number of allylic oxidation sites excluding steroid dienone is 2. The van der Waals surface area contributed by atoms with Crippen LogP contribution in [0.4, 0.5) is 0 Å². The first kappa shape index (κ1) is 19.6. The fourth-order valence-corrected chi connectivity index (χ4v) is 1.63. The summed E-state index contributed by atoms with van der Waals surface area (Å²) in [5.41, 5.74) is 0. The van der Waals surface area contributed by atoms with Crippen molar-refractivity contribution in [1.29, 1.82) is 0 Å². The molecule has 0 rings (SSSR count). The minimum atomic E-state index is 0. The molecule has 1 nitrogen and oxygen atoms in total. The average molecular weight is 232 g/mol. The molecule has 0 aliphatic rings. The predicted molar refractivity (Wildman–Crippen MR) is 72.5 cm³/mol. The van der Waals surface area contributed by atoms with Crippen LogP contribution in [0.25, 0.3) is 0 Å². The van der Waals surface area contributed by atoms with E-state index in [0.717, 1.165) is 32.5 Å². The standard InChI is InChI=1S/C15H29O.Li/c1-3-5-7-9-11-13-15-16-14-12-10-8-6-4-2;/h6,8H,2-5,7,9-15H2,1H3;/q-1;+1. The van der Waals surface area contributed by atoms with Gasteiger partial charge in [0.05, 0.1) is 0 Å². The third-order valence-electron chi connectivity index (χ3n) is 2.64. The van der Waals surface area contributed by atoms with E-state index >= 15 is 0 Å². The smallest absolute Gasteiger partial charge is 0.381 e. The second-order valence-electron chi connectivity index (χ2n) is 4.28. The van der Waals surface area contributed by atoms with Gasteiger partial charge < -0.3 is 11.7 Å². The summed E-state index contributed by atoms with van der Waals surface area (Å²) >= 11 is 0. The van der Waals surface area contributed by atoms with Crippen molar-refractivity contribution in [3.63, 3.8) is 0 Å². The summed E-state index contributed by atoms with van der Waals surface area (Å²) in [6, 6.07) is 0. The van der Waals surface area contributed by atoms with Crippen molar-refractivity contribution in [1.82, 2.24) is 0 Å². The molecule has 0 heterocycles. The Labute approximate surface area is 121 Å². The molecule has 0 saturated carbocycles. The summed E-state index contributed by atoms with van der Waals surface area (Å²) in [6.45, 7) is 7.88. The van der Waals surface area contributed by atoms with Crippen LogP contribution in [-0.2, 0) is 4.74 Å². The number of hydrogen-bond acceptors (Lipinski definition) is 1. The Hall–Kier alpha value is 0.297. The predicted octanol–water partition coefficient (Wildman–Crippen LogP) is 1.93. The molecule has 0 fully saturated rings. The molecule has 0 aromatic rings. The molecule has 0 amide bonds. The van der Waals surface area contributed by atoms with E-state index in [0.29, 0.717) is 0 Å². The van der Waals surface area contributed by atoms with Crippen LogP contribution in [-0.4, -0.2) is 13.2 Å². The zero-order valence-corrected chi connectivity index (χ0v) is 12.0. The number of hydrogen-bond donors (Lipinski definition) is 0. The Bertz CT molecular complexity index is 146. The summed E-state index contributed by atoms with van der Waals surface area (Å²) in [7, 11) is 0. The maximum Gasteiger partial charge on any atom is 1.00 e. The molecule has 0 aromatic carbocycles. The molecule has 0 spiro atoms. The molecule has 0 atom stereocenters. The molecule has 0 N–H and O–H groups in total. The van der Waals surface area contributed by atoms with Crippen LogP contribution in [0.5, 0.6) is 0 Å². The Kier molecular flexibility index (Phi) is 21.5.